The first kappa shape index (κ1) is 13.6. The number of hydrogen-bond acceptors (Lipinski definition) is 4. The maximum Gasteiger partial charge on any atom is 0.109 e. The molecule has 1 rings (SSSR count). The van der Waals surface area contributed by atoms with Gasteiger partial charge in [-0.05, 0) is 25.8 Å². The number of thiazole rings is 1. The van der Waals surface area contributed by atoms with Crippen molar-refractivity contribution >= 4 is 11.3 Å². The molecule has 3 nitrogen and oxygen atoms in total. The predicted molar refractivity (Wildman–Crippen MR) is 68.8 cm³/mol. The van der Waals surface area contributed by atoms with Crippen LogP contribution < -0.4 is 5.32 Å². The Bertz CT molecular complexity index is 262. The van der Waals surface area contributed by atoms with Crippen molar-refractivity contribution in [3.8, 4) is 0 Å². The fourth-order valence-corrected chi connectivity index (χ4v) is 2.02. The summed E-state index contributed by atoms with van der Waals surface area (Å²) in [5, 5.41) is 6.61. The van der Waals surface area contributed by atoms with Crippen LogP contribution in [-0.2, 0) is 4.74 Å². The van der Waals surface area contributed by atoms with E-state index in [-0.39, 0.29) is 0 Å². The highest BCUT2D eigenvalue weighted by Gasteiger charge is 2.05. The second-order valence-electron chi connectivity index (χ2n) is 4.37. The molecule has 0 fully saturated rings. The van der Waals surface area contributed by atoms with E-state index < -0.39 is 0 Å². The fraction of sp³-hybridized carbons (Fsp3) is 0.750. The van der Waals surface area contributed by atoms with Crippen LogP contribution in [0.3, 0.4) is 0 Å². The molecular weight excluding hydrogens is 220 g/mol. The molecule has 0 aliphatic rings. The Morgan fingerprint density at radius 3 is 2.88 bits per heavy atom. The smallest absolute Gasteiger partial charge is 0.109 e. The van der Waals surface area contributed by atoms with Crippen LogP contribution in [0.2, 0.25) is 0 Å². The highest BCUT2D eigenvalue weighted by Crippen LogP contribution is 2.14. The van der Waals surface area contributed by atoms with Crippen LogP contribution in [-0.4, -0.2) is 24.7 Å². The summed E-state index contributed by atoms with van der Waals surface area (Å²) >= 11 is 1.70. The van der Waals surface area contributed by atoms with E-state index >= 15 is 0 Å². The second kappa shape index (κ2) is 7.76. The van der Waals surface area contributed by atoms with Crippen LogP contribution in [0.4, 0.5) is 0 Å². The first-order valence-corrected chi connectivity index (χ1v) is 6.78. The highest BCUT2D eigenvalue weighted by atomic mass is 32.1. The summed E-state index contributed by atoms with van der Waals surface area (Å²) < 4.78 is 5.51. The monoisotopic (exact) mass is 242 g/mol. The molecule has 1 aromatic rings. The largest absolute Gasteiger partial charge is 0.381 e. The lowest BCUT2D eigenvalue weighted by atomic mass is 10.2. The van der Waals surface area contributed by atoms with E-state index in [2.05, 4.69) is 31.1 Å². The maximum atomic E-state index is 5.51. The zero-order valence-corrected chi connectivity index (χ0v) is 11.2. The summed E-state index contributed by atoms with van der Waals surface area (Å²) in [6.45, 7) is 9.18. The number of ether oxygens (including phenoxy) is 1. The van der Waals surface area contributed by atoms with Gasteiger partial charge in [0.2, 0.25) is 0 Å². The van der Waals surface area contributed by atoms with Gasteiger partial charge in [0.1, 0.15) is 5.01 Å². The number of rotatable bonds is 8. The van der Waals surface area contributed by atoms with Gasteiger partial charge in [-0.2, -0.15) is 0 Å². The molecule has 16 heavy (non-hydrogen) atoms. The van der Waals surface area contributed by atoms with E-state index in [1.165, 1.54) is 0 Å². The minimum absolute atomic E-state index is 0.352. The van der Waals surface area contributed by atoms with Gasteiger partial charge in [-0.1, -0.05) is 13.8 Å². The Labute approximate surface area is 102 Å². The van der Waals surface area contributed by atoms with Crippen LogP contribution in [0.1, 0.15) is 38.2 Å². The topological polar surface area (TPSA) is 34.1 Å². The molecule has 1 unspecified atom stereocenters. The SMILES string of the molecule is CC(C)COCCCNC(C)c1nccs1. The quantitative estimate of drug-likeness (QED) is 0.712. The molecule has 92 valence electrons. The molecule has 4 heteroatoms. The van der Waals surface area contributed by atoms with Crippen molar-refractivity contribution in [1.82, 2.24) is 10.3 Å². The average Bonchev–Trinajstić information content (AvgIpc) is 2.75. The lowest BCUT2D eigenvalue weighted by Crippen LogP contribution is -2.21. The third-order valence-corrected chi connectivity index (χ3v) is 3.15. The molecule has 0 saturated carbocycles. The predicted octanol–water partition coefficient (Wildman–Crippen LogP) is 2.86. The summed E-state index contributed by atoms with van der Waals surface area (Å²) in [6.07, 6.45) is 2.91. The zero-order chi connectivity index (χ0) is 11.8. The number of nitrogens with one attached hydrogen (secondary N) is 1. The van der Waals surface area contributed by atoms with Gasteiger partial charge in [0.05, 0.1) is 6.04 Å². The Hall–Kier alpha value is -0.450. The summed E-state index contributed by atoms with van der Waals surface area (Å²) in [5.41, 5.74) is 0. The zero-order valence-electron chi connectivity index (χ0n) is 10.4. The van der Waals surface area contributed by atoms with Gasteiger partial charge in [0, 0.05) is 24.8 Å². The highest BCUT2D eigenvalue weighted by molar-refractivity contribution is 7.09. The number of hydrogen-bond donors (Lipinski definition) is 1. The number of nitrogens with zero attached hydrogens (tertiary/aromatic N) is 1. The second-order valence-corrected chi connectivity index (χ2v) is 5.29. The van der Waals surface area contributed by atoms with Crippen molar-refractivity contribution in [3.63, 3.8) is 0 Å². The van der Waals surface area contributed by atoms with Gasteiger partial charge >= 0.3 is 0 Å². The van der Waals surface area contributed by atoms with Crippen molar-refractivity contribution in [2.45, 2.75) is 33.2 Å². The maximum absolute atomic E-state index is 5.51. The van der Waals surface area contributed by atoms with Crippen LogP contribution in [0, 0.1) is 5.92 Å². The Kier molecular flexibility index (Phi) is 6.61. The molecule has 0 bridgehead atoms. The van der Waals surface area contributed by atoms with Crippen molar-refractivity contribution in [2.75, 3.05) is 19.8 Å². The summed E-state index contributed by atoms with van der Waals surface area (Å²) in [7, 11) is 0. The molecule has 0 aliphatic carbocycles. The van der Waals surface area contributed by atoms with E-state index in [1.807, 2.05) is 11.6 Å². The van der Waals surface area contributed by atoms with Gasteiger partial charge in [-0.15, -0.1) is 11.3 Å². The molecule has 0 aromatic carbocycles. The lowest BCUT2D eigenvalue weighted by molar-refractivity contribution is 0.107. The van der Waals surface area contributed by atoms with E-state index in [0.29, 0.717) is 12.0 Å². The Morgan fingerprint density at radius 1 is 1.44 bits per heavy atom. The summed E-state index contributed by atoms with van der Waals surface area (Å²) in [6, 6.07) is 0.352. The molecule has 0 saturated heterocycles. The minimum Gasteiger partial charge on any atom is -0.381 e. The van der Waals surface area contributed by atoms with Crippen molar-refractivity contribution in [2.24, 2.45) is 5.92 Å². The number of aromatic nitrogens is 1. The van der Waals surface area contributed by atoms with Crippen molar-refractivity contribution < 1.29 is 4.74 Å². The van der Waals surface area contributed by atoms with E-state index in [9.17, 15) is 0 Å². The Morgan fingerprint density at radius 2 is 2.25 bits per heavy atom. The summed E-state index contributed by atoms with van der Waals surface area (Å²) in [5.74, 6) is 0.627. The van der Waals surface area contributed by atoms with E-state index in [1.54, 1.807) is 11.3 Å². The van der Waals surface area contributed by atoms with Crippen molar-refractivity contribution in [3.05, 3.63) is 16.6 Å². The van der Waals surface area contributed by atoms with Gasteiger partial charge in [-0.25, -0.2) is 4.98 Å². The van der Waals surface area contributed by atoms with E-state index in [4.69, 9.17) is 4.74 Å². The molecular formula is C12H22N2OS. The van der Waals surface area contributed by atoms with Crippen LogP contribution in [0.5, 0.6) is 0 Å². The average molecular weight is 242 g/mol. The molecule has 0 aliphatic heterocycles. The normalized spacial score (nSPS) is 13.2. The third-order valence-electron chi connectivity index (χ3n) is 2.19. The molecule has 0 amide bonds. The third kappa shape index (κ3) is 5.58. The standard InChI is InChI=1S/C12H22N2OS/c1-10(2)9-15-7-4-5-13-11(3)12-14-6-8-16-12/h6,8,10-11,13H,4-5,7,9H2,1-3H3. The van der Waals surface area contributed by atoms with Crippen LogP contribution in [0.25, 0.3) is 0 Å². The first-order valence-electron chi connectivity index (χ1n) is 5.90. The van der Waals surface area contributed by atoms with Gasteiger partial charge < -0.3 is 10.1 Å². The summed E-state index contributed by atoms with van der Waals surface area (Å²) in [4.78, 5) is 4.28. The molecule has 0 radical (unpaired) electrons. The molecule has 1 atom stereocenters. The minimum atomic E-state index is 0.352. The van der Waals surface area contributed by atoms with E-state index in [0.717, 1.165) is 31.2 Å². The Balaban J connectivity index is 1.99. The molecule has 1 aromatic heterocycles. The first-order chi connectivity index (χ1) is 7.70. The van der Waals surface area contributed by atoms with Gasteiger partial charge in [0.25, 0.3) is 0 Å². The molecule has 1 N–H and O–H groups in total. The lowest BCUT2D eigenvalue weighted by Gasteiger charge is -2.11. The van der Waals surface area contributed by atoms with Gasteiger partial charge in [-0.3, -0.25) is 0 Å². The van der Waals surface area contributed by atoms with Crippen molar-refractivity contribution in [1.29, 1.82) is 0 Å². The molecule has 1 heterocycles. The van der Waals surface area contributed by atoms with Gasteiger partial charge in [0.15, 0.2) is 0 Å². The van der Waals surface area contributed by atoms with Crippen LogP contribution in [0.15, 0.2) is 11.6 Å². The van der Waals surface area contributed by atoms with Crippen LogP contribution >= 0.6 is 11.3 Å². The fourth-order valence-electron chi connectivity index (χ4n) is 1.35. The molecule has 0 spiro atoms.